The van der Waals surface area contributed by atoms with E-state index in [1.165, 1.54) is 50.0 Å². The van der Waals surface area contributed by atoms with Crippen molar-refractivity contribution in [2.75, 3.05) is 36.0 Å². The molecule has 0 N–H and O–H groups in total. The minimum Gasteiger partial charge on any atom is -0.372 e. The van der Waals surface area contributed by atoms with Crippen LogP contribution in [0.1, 0.15) is 61.4 Å². The maximum absolute atomic E-state index is 2.47. The first-order chi connectivity index (χ1) is 17.0. The van der Waals surface area contributed by atoms with E-state index in [0.29, 0.717) is 0 Å². The lowest BCUT2D eigenvalue weighted by Gasteiger charge is -2.29. The van der Waals surface area contributed by atoms with Crippen LogP contribution in [0.4, 0.5) is 11.4 Å². The summed E-state index contributed by atoms with van der Waals surface area (Å²) in [6.45, 7) is 17.6. The van der Waals surface area contributed by atoms with Crippen molar-refractivity contribution >= 4 is 22.1 Å². The van der Waals surface area contributed by atoms with Gasteiger partial charge in [0.05, 0.1) is 0 Å². The molecule has 0 radical (unpaired) electrons. The summed E-state index contributed by atoms with van der Waals surface area (Å²) < 4.78 is 0. The molecule has 1 unspecified atom stereocenters. The van der Waals surface area contributed by atoms with Crippen molar-refractivity contribution < 1.29 is 0 Å². The van der Waals surface area contributed by atoms with Gasteiger partial charge in [0, 0.05) is 48.9 Å². The molecule has 0 bridgehead atoms. The van der Waals surface area contributed by atoms with Crippen molar-refractivity contribution in [3.05, 3.63) is 107 Å². The zero-order valence-corrected chi connectivity index (χ0v) is 22.3. The zero-order chi connectivity index (χ0) is 24.9. The first-order valence-electron chi connectivity index (χ1n) is 13.2. The van der Waals surface area contributed by atoms with E-state index in [1.807, 2.05) is 0 Å². The highest BCUT2D eigenvalue weighted by Gasteiger charge is 2.24. The standard InChI is InChI=1S/C33H40N2/c1-7-34(8-2)27-20-21-28(24(5)22-27)33(26-16-12-11-13-17-26)32-25(6)23-31(35(9-3)10-4)29-18-14-15-19-30(29)32/h11-23,33H,7-10H2,1-6H3. The van der Waals surface area contributed by atoms with Gasteiger partial charge < -0.3 is 9.80 Å². The van der Waals surface area contributed by atoms with Gasteiger partial charge in [-0.25, -0.2) is 0 Å². The van der Waals surface area contributed by atoms with Crippen molar-refractivity contribution in [2.24, 2.45) is 0 Å². The molecule has 182 valence electrons. The summed E-state index contributed by atoms with van der Waals surface area (Å²) in [5, 5.41) is 2.70. The van der Waals surface area contributed by atoms with Gasteiger partial charge in [-0.3, -0.25) is 0 Å². The van der Waals surface area contributed by atoms with E-state index >= 15 is 0 Å². The maximum Gasteiger partial charge on any atom is 0.0448 e. The highest BCUT2D eigenvalue weighted by Crippen LogP contribution is 2.42. The number of hydrogen-bond acceptors (Lipinski definition) is 2. The molecule has 0 spiro atoms. The van der Waals surface area contributed by atoms with Crippen LogP contribution < -0.4 is 9.80 Å². The van der Waals surface area contributed by atoms with Gasteiger partial charge in [-0.15, -0.1) is 0 Å². The fraction of sp³-hybridized carbons (Fsp3) is 0.333. The SMILES string of the molecule is CCN(CC)c1ccc(C(c2ccccc2)c2c(C)cc(N(CC)CC)c3ccccc23)c(C)c1. The highest BCUT2D eigenvalue weighted by molar-refractivity contribution is 5.98. The number of nitrogens with zero attached hydrogens (tertiary/aromatic N) is 2. The third-order valence-electron chi connectivity index (χ3n) is 7.49. The van der Waals surface area contributed by atoms with E-state index in [4.69, 9.17) is 0 Å². The second kappa shape index (κ2) is 11.0. The Hall–Kier alpha value is -3.26. The molecule has 4 rings (SSSR count). The predicted molar refractivity (Wildman–Crippen MR) is 154 cm³/mol. The zero-order valence-electron chi connectivity index (χ0n) is 22.3. The van der Waals surface area contributed by atoms with Crippen LogP contribution in [-0.2, 0) is 0 Å². The molecule has 2 heteroatoms. The van der Waals surface area contributed by atoms with Crippen molar-refractivity contribution in [1.82, 2.24) is 0 Å². The second-order valence-corrected chi connectivity index (χ2v) is 9.40. The van der Waals surface area contributed by atoms with Gasteiger partial charge in [-0.2, -0.15) is 0 Å². The smallest absolute Gasteiger partial charge is 0.0448 e. The average molecular weight is 465 g/mol. The van der Waals surface area contributed by atoms with Crippen LogP contribution in [0.25, 0.3) is 10.8 Å². The van der Waals surface area contributed by atoms with Crippen LogP contribution in [0, 0.1) is 13.8 Å². The molecule has 0 aromatic heterocycles. The van der Waals surface area contributed by atoms with Crippen LogP contribution in [0.3, 0.4) is 0 Å². The molecule has 0 amide bonds. The molecule has 0 heterocycles. The van der Waals surface area contributed by atoms with Gasteiger partial charge in [0.15, 0.2) is 0 Å². The summed E-state index contributed by atoms with van der Waals surface area (Å²) in [4.78, 5) is 4.90. The number of rotatable bonds is 9. The molecular formula is C33H40N2. The summed E-state index contributed by atoms with van der Waals surface area (Å²) in [5.41, 5.74) is 9.49. The summed E-state index contributed by atoms with van der Waals surface area (Å²) in [6.07, 6.45) is 0. The Balaban J connectivity index is 1.99. The van der Waals surface area contributed by atoms with Crippen molar-refractivity contribution in [2.45, 2.75) is 47.5 Å². The molecule has 0 aliphatic rings. The van der Waals surface area contributed by atoms with Crippen LogP contribution in [0.2, 0.25) is 0 Å². The molecule has 2 nitrogen and oxygen atoms in total. The van der Waals surface area contributed by atoms with E-state index in [0.717, 1.165) is 26.2 Å². The van der Waals surface area contributed by atoms with E-state index in [2.05, 4.69) is 130 Å². The molecule has 1 atom stereocenters. The first kappa shape index (κ1) is 24.9. The van der Waals surface area contributed by atoms with Crippen molar-refractivity contribution in [3.63, 3.8) is 0 Å². The van der Waals surface area contributed by atoms with Gasteiger partial charge in [0.25, 0.3) is 0 Å². The molecular weight excluding hydrogens is 424 g/mol. The topological polar surface area (TPSA) is 6.48 Å². The van der Waals surface area contributed by atoms with Crippen LogP contribution >= 0.6 is 0 Å². The summed E-state index contributed by atoms with van der Waals surface area (Å²) in [5.74, 6) is 0.178. The Morgan fingerprint density at radius 3 is 1.80 bits per heavy atom. The van der Waals surface area contributed by atoms with Crippen molar-refractivity contribution in [1.29, 1.82) is 0 Å². The molecule has 0 saturated carbocycles. The number of benzene rings is 4. The summed E-state index contributed by atoms with van der Waals surface area (Å²) >= 11 is 0. The Morgan fingerprint density at radius 2 is 1.20 bits per heavy atom. The summed E-state index contributed by atoms with van der Waals surface area (Å²) in [7, 11) is 0. The quantitative estimate of drug-likeness (QED) is 0.230. The molecule has 0 aliphatic carbocycles. The van der Waals surface area contributed by atoms with Crippen molar-refractivity contribution in [3.8, 4) is 0 Å². The normalized spacial score (nSPS) is 12.1. The van der Waals surface area contributed by atoms with Crippen LogP contribution in [0.5, 0.6) is 0 Å². The maximum atomic E-state index is 2.47. The van der Waals surface area contributed by atoms with E-state index in [1.54, 1.807) is 0 Å². The van der Waals surface area contributed by atoms with E-state index in [-0.39, 0.29) is 5.92 Å². The number of anilines is 2. The van der Waals surface area contributed by atoms with Gasteiger partial charge in [0.1, 0.15) is 0 Å². The molecule has 0 saturated heterocycles. The number of hydrogen-bond donors (Lipinski definition) is 0. The molecule has 4 aromatic rings. The van der Waals surface area contributed by atoms with Crippen LogP contribution in [0.15, 0.2) is 78.9 Å². The molecule has 35 heavy (non-hydrogen) atoms. The lowest BCUT2D eigenvalue weighted by Crippen LogP contribution is -2.23. The number of fused-ring (bicyclic) bond motifs is 1. The third-order valence-corrected chi connectivity index (χ3v) is 7.49. The Bertz CT molecular complexity index is 1270. The number of aryl methyl sites for hydroxylation is 2. The van der Waals surface area contributed by atoms with E-state index < -0.39 is 0 Å². The van der Waals surface area contributed by atoms with Gasteiger partial charge in [-0.1, -0.05) is 60.7 Å². The third kappa shape index (κ3) is 4.80. The Kier molecular flexibility index (Phi) is 7.80. The Morgan fingerprint density at radius 1 is 0.600 bits per heavy atom. The average Bonchev–Trinajstić information content (AvgIpc) is 2.89. The molecule has 0 aliphatic heterocycles. The van der Waals surface area contributed by atoms with Crippen LogP contribution in [-0.4, -0.2) is 26.2 Å². The largest absolute Gasteiger partial charge is 0.372 e. The fourth-order valence-electron chi connectivity index (χ4n) is 5.64. The van der Waals surface area contributed by atoms with Gasteiger partial charge >= 0.3 is 0 Å². The highest BCUT2D eigenvalue weighted by atomic mass is 15.1. The van der Waals surface area contributed by atoms with Gasteiger partial charge in [0.2, 0.25) is 0 Å². The minimum absolute atomic E-state index is 0.178. The monoisotopic (exact) mass is 464 g/mol. The fourth-order valence-corrected chi connectivity index (χ4v) is 5.64. The minimum atomic E-state index is 0.178. The predicted octanol–water partition coefficient (Wildman–Crippen LogP) is 8.33. The molecule has 4 aromatic carbocycles. The molecule has 0 fully saturated rings. The first-order valence-corrected chi connectivity index (χ1v) is 13.2. The lowest BCUT2D eigenvalue weighted by molar-refractivity contribution is 0.862. The lowest BCUT2D eigenvalue weighted by atomic mass is 9.78. The van der Waals surface area contributed by atoms with Gasteiger partial charge in [-0.05, 0) is 92.9 Å². The van der Waals surface area contributed by atoms with E-state index in [9.17, 15) is 0 Å². The second-order valence-electron chi connectivity index (χ2n) is 9.40. The summed E-state index contributed by atoms with van der Waals surface area (Å²) in [6, 6.07) is 29.5. The Labute approximate surface area is 212 Å².